The molecule has 2 heterocycles. The topological polar surface area (TPSA) is 43.6 Å². The molecule has 0 aliphatic carbocycles. The van der Waals surface area contributed by atoms with Crippen LogP contribution in [0.15, 0.2) is 12.3 Å². The number of aryl methyl sites for hydroxylation is 1. The van der Waals surface area contributed by atoms with Gasteiger partial charge < -0.3 is 4.74 Å². The number of carbonyl (C=O) groups is 1. The van der Waals surface area contributed by atoms with E-state index in [4.69, 9.17) is 4.74 Å². The highest BCUT2D eigenvalue weighted by Gasteiger charge is 2.21. The first-order chi connectivity index (χ1) is 8.95. The molecular formula is C14H17FN2O2. The molecule has 2 rings (SSSR count). The van der Waals surface area contributed by atoms with Crippen LogP contribution >= 0.6 is 0 Å². The normalized spacial score (nSPS) is 11.3. The lowest BCUT2D eigenvalue weighted by Gasteiger charge is -2.08. The van der Waals surface area contributed by atoms with Gasteiger partial charge in [0.05, 0.1) is 12.3 Å². The summed E-state index contributed by atoms with van der Waals surface area (Å²) < 4.78 is 20.2. The van der Waals surface area contributed by atoms with Crippen molar-refractivity contribution < 1.29 is 13.9 Å². The molecule has 0 fully saturated rings. The second kappa shape index (κ2) is 4.99. The van der Waals surface area contributed by atoms with E-state index in [9.17, 15) is 9.18 Å². The van der Waals surface area contributed by atoms with E-state index < -0.39 is 5.97 Å². The van der Waals surface area contributed by atoms with E-state index in [0.29, 0.717) is 17.0 Å². The molecule has 5 heteroatoms. The van der Waals surface area contributed by atoms with E-state index in [0.717, 1.165) is 5.56 Å². The number of hydrogen-bond acceptors (Lipinski definition) is 3. The zero-order valence-electron chi connectivity index (χ0n) is 11.5. The fourth-order valence-corrected chi connectivity index (χ4v) is 2.12. The van der Waals surface area contributed by atoms with Gasteiger partial charge in [0, 0.05) is 11.8 Å². The maximum Gasteiger partial charge on any atom is 0.357 e. The first kappa shape index (κ1) is 13.5. The minimum Gasteiger partial charge on any atom is -0.461 e. The van der Waals surface area contributed by atoms with Gasteiger partial charge in [-0.3, -0.25) is 4.40 Å². The van der Waals surface area contributed by atoms with Gasteiger partial charge in [-0.1, -0.05) is 13.8 Å². The van der Waals surface area contributed by atoms with Crippen LogP contribution in [0, 0.1) is 12.7 Å². The lowest BCUT2D eigenvalue weighted by Crippen LogP contribution is -2.10. The van der Waals surface area contributed by atoms with Gasteiger partial charge in [-0.2, -0.15) is 0 Å². The average Bonchev–Trinajstić information content (AvgIpc) is 2.64. The Morgan fingerprint density at radius 3 is 2.79 bits per heavy atom. The van der Waals surface area contributed by atoms with Gasteiger partial charge >= 0.3 is 5.97 Å². The molecule has 0 saturated heterocycles. The summed E-state index contributed by atoms with van der Waals surface area (Å²) in [6.07, 6.45) is 1.27. The van der Waals surface area contributed by atoms with Gasteiger partial charge in [0.1, 0.15) is 11.5 Å². The van der Waals surface area contributed by atoms with Crippen LogP contribution in [0.2, 0.25) is 0 Å². The zero-order chi connectivity index (χ0) is 14.2. The van der Waals surface area contributed by atoms with E-state index in [1.807, 2.05) is 13.8 Å². The van der Waals surface area contributed by atoms with Crippen LogP contribution in [0.4, 0.5) is 4.39 Å². The van der Waals surface area contributed by atoms with Crippen molar-refractivity contribution in [2.45, 2.75) is 33.6 Å². The third kappa shape index (κ3) is 2.32. The molecule has 102 valence electrons. The molecule has 19 heavy (non-hydrogen) atoms. The van der Waals surface area contributed by atoms with Crippen molar-refractivity contribution in [2.75, 3.05) is 6.61 Å². The zero-order valence-corrected chi connectivity index (χ0v) is 11.5. The lowest BCUT2D eigenvalue weighted by molar-refractivity contribution is 0.0517. The van der Waals surface area contributed by atoms with E-state index in [1.54, 1.807) is 13.8 Å². The molecule has 4 nitrogen and oxygen atoms in total. The highest BCUT2D eigenvalue weighted by Crippen LogP contribution is 2.24. The average molecular weight is 264 g/mol. The predicted octanol–water partition coefficient (Wildman–Crippen LogP) is 3.08. The molecule has 0 unspecified atom stereocenters. The Kier molecular flexibility index (Phi) is 3.55. The summed E-state index contributed by atoms with van der Waals surface area (Å²) in [6.45, 7) is 7.65. The number of rotatable bonds is 3. The number of halogens is 1. The Morgan fingerprint density at radius 2 is 2.21 bits per heavy atom. The minimum absolute atomic E-state index is 0.120. The highest BCUT2D eigenvalue weighted by molar-refractivity contribution is 5.90. The van der Waals surface area contributed by atoms with Crippen molar-refractivity contribution in [1.82, 2.24) is 9.38 Å². The summed E-state index contributed by atoms with van der Waals surface area (Å²) in [5.41, 5.74) is 2.22. The molecule has 2 aromatic heterocycles. The quantitative estimate of drug-likeness (QED) is 0.800. The summed E-state index contributed by atoms with van der Waals surface area (Å²) >= 11 is 0. The first-order valence-electron chi connectivity index (χ1n) is 6.31. The number of hydrogen-bond donors (Lipinski definition) is 0. The summed E-state index contributed by atoms with van der Waals surface area (Å²) in [5.74, 6) is -0.748. The van der Waals surface area contributed by atoms with Gasteiger partial charge in [0.15, 0.2) is 5.69 Å². The third-order valence-electron chi connectivity index (χ3n) is 2.98. The number of fused-ring (bicyclic) bond motifs is 1. The van der Waals surface area contributed by atoms with Crippen molar-refractivity contribution in [3.63, 3.8) is 0 Å². The number of imidazole rings is 1. The number of ether oxygens (including phenoxy) is 1. The maximum atomic E-state index is 13.7. The first-order valence-corrected chi connectivity index (χ1v) is 6.31. The molecule has 0 N–H and O–H groups in total. The molecule has 0 amide bonds. The Hall–Kier alpha value is -1.91. The number of carbonyl (C=O) groups excluding carboxylic acids is 1. The molecule has 0 bridgehead atoms. The molecule has 0 spiro atoms. The summed E-state index contributed by atoms with van der Waals surface area (Å²) in [5, 5.41) is 0. The molecule has 0 atom stereocenters. The number of esters is 1. The Morgan fingerprint density at radius 1 is 1.53 bits per heavy atom. The van der Waals surface area contributed by atoms with Crippen LogP contribution in [-0.2, 0) is 4.74 Å². The smallest absolute Gasteiger partial charge is 0.357 e. The monoisotopic (exact) mass is 264 g/mol. The standard InChI is InChI=1S/C14H17FN2O2/c1-5-19-14(18)12-9(4)16-13-11(8(2)3)6-10(15)7-17(12)13/h6-8H,5H2,1-4H3. The summed E-state index contributed by atoms with van der Waals surface area (Å²) in [7, 11) is 0. The van der Waals surface area contributed by atoms with Crippen LogP contribution in [-0.4, -0.2) is 22.0 Å². The van der Waals surface area contributed by atoms with Gasteiger partial charge in [0.25, 0.3) is 0 Å². The highest BCUT2D eigenvalue weighted by atomic mass is 19.1. The van der Waals surface area contributed by atoms with E-state index >= 15 is 0 Å². The number of pyridine rings is 1. The van der Waals surface area contributed by atoms with Crippen molar-refractivity contribution in [2.24, 2.45) is 0 Å². The fourth-order valence-electron chi connectivity index (χ4n) is 2.12. The van der Waals surface area contributed by atoms with E-state index in [-0.39, 0.29) is 18.3 Å². The van der Waals surface area contributed by atoms with Crippen LogP contribution in [0.25, 0.3) is 5.65 Å². The van der Waals surface area contributed by atoms with Crippen molar-refractivity contribution in [1.29, 1.82) is 0 Å². The molecule has 0 aliphatic heterocycles. The van der Waals surface area contributed by atoms with Crippen molar-refractivity contribution in [3.8, 4) is 0 Å². The van der Waals surface area contributed by atoms with Crippen LogP contribution in [0.5, 0.6) is 0 Å². The Bertz CT molecular complexity index is 632. The molecule has 0 aromatic carbocycles. The largest absolute Gasteiger partial charge is 0.461 e. The minimum atomic E-state index is -0.479. The van der Waals surface area contributed by atoms with Gasteiger partial charge in [-0.05, 0) is 25.8 Å². The van der Waals surface area contributed by atoms with Crippen LogP contribution in [0.3, 0.4) is 0 Å². The van der Waals surface area contributed by atoms with Crippen LogP contribution < -0.4 is 0 Å². The Balaban J connectivity index is 2.73. The molecule has 0 saturated carbocycles. The SMILES string of the molecule is CCOC(=O)c1c(C)nc2c(C(C)C)cc(F)cn12. The second-order valence-electron chi connectivity index (χ2n) is 4.73. The Labute approximate surface area is 111 Å². The predicted molar refractivity (Wildman–Crippen MR) is 69.9 cm³/mol. The third-order valence-corrected chi connectivity index (χ3v) is 2.98. The summed E-state index contributed by atoms with van der Waals surface area (Å²) in [6, 6.07) is 1.46. The number of nitrogens with zero attached hydrogens (tertiary/aromatic N) is 2. The maximum absolute atomic E-state index is 13.7. The second-order valence-corrected chi connectivity index (χ2v) is 4.73. The summed E-state index contributed by atoms with van der Waals surface area (Å²) in [4.78, 5) is 16.3. The van der Waals surface area contributed by atoms with E-state index in [1.165, 1.54) is 16.7 Å². The van der Waals surface area contributed by atoms with Crippen LogP contribution in [0.1, 0.15) is 48.4 Å². The molecule has 2 aromatic rings. The van der Waals surface area contributed by atoms with Gasteiger partial charge in [-0.25, -0.2) is 14.2 Å². The van der Waals surface area contributed by atoms with Gasteiger partial charge in [0.2, 0.25) is 0 Å². The fraction of sp³-hybridized carbons (Fsp3) is 0.429. The number of aromatic nitrogens is 2. The lowest BCUT2D eigenvalue weighted by atomic mass is 10.1. The van der Waals surface area contributed by atoms with Crippen molar-refractivity contribution >= 4 is 11.6 Å². The van der Waals surface area contributed by atoms with Gasteiger partial charge in [-0.15, -0.1) is 0 Å². The molecule has 0 aliphatic rings. The van der Waals surface area contributed by atoms with Crippen molar-refractivity contribution in [3.05, 3.63) is 35.0 Å². The molecular weight excluding hydrogens is 247 g/mol. The van der Waals surface area contributed by atoms with E-state index in [2.05, 4.69) is 4.98 Å². The molecule has 0 radical (unpaired) electrons.